The highest BCUT2D eigenvalue weighted by molar-refractivity contribution is 7.89. The minimum absolute atomic E-state index is 0.0670. The first-order chi connectivity index (χ1) is 13.8. The third-order valence-electron chi connectivity index (χ3n) is 4.67. The van der Waals surface area contributed by atoms with E-state index in [1.165, 1.54) is 35.5 Å². The van der Waals surface area contributed by atoms with Crippen molar-refractivity contribution in [2.45, 2.75) is 18.4 Å². The first-order valence-corrected chi connectivity index (χ1v) is 10.9. The molecule has 1 fully saturated rings. The first-order valence-electron chi connectivity index (χ1n) is 9.04. The van der Waals surface area contributed by atoms with E-state index in [0.29, 0.717) is 18.1 Å². The molecule has 154 valence electrons. The van der Waals surface area contributed by atoms with Gasteiger partial charge in [-0.05, 0) is 42.0 Å². The lowest BCUT2D eigenvalue weighted by atomic mass is 10.2. The van der Waals surface area contributed by atoms with Gasteiger partial charge in [-0.15, -0.1) is 0 Å². The smallest absolute Gasteiger partial charge is 0.338 e. The molecule has 1 saturated heterocycles. The largest absolute Gasteiger partial charge is 0.457 e. The van der Waals surface area contributed by atoms with Crippen LogP contribution in [0.2, 0.25) is 5.02 Å². The molecule has 29 heavy (non-hydrogen) atoms. The molecule has 7 nitrogen and oxygen atoms in total. The summed E-state index contributed by atoms with van der Waals surface area (Å²) >= 11 is 5.90. The number of rotatable bonds is 5. The monoisotopic (exact) mass is 436 g/mol. The number of halogens is 1. The Morgan fingerprint density at radius 1 is 1.03 bits per heavy atom. The third kappa shape index (κ3) is 5.14. The van der Waals surface area contributed by atoms with Crippen LogP contribution in [0.15, 0.2) is 53.4 Å². The van der Waals surface area contributed by atoms with Crippen LogP contribution in [-0.2, 0) is 26.2 Å². The zero-order chi connectivity index (χ0) is 21.0. The van der Waals surface area contributed by atoms with Crippen LogP contribution in [-0.4, -0.2) is 55.7 Å². The van der Waals surface area contributed by atoms with Gasteiger partial charge in [-0.25, -0.2) is 13.2 Å². The number of ether oxygens (including phenoxy) is 1. The Kier molecular flexibility index (Phi) is 6.56. The summed E-state index contributed by atoms with van der Waals surface area (Å²) in [5, 5.41) is 0.553. The normalized spacial score (nSPS) is 15.2. The standard InChI is InChI=1S/C20H21ClN2O5S/c1-15(24)22-9-11-23(12-10-22)29(26,27)19-7-5-17(6-8-19)20(25)28-14-16-3-2-4-18(21)13-16/h2-8,13H,9-12,14H2,1H3. The molecule has 0 bridgehead atoms. The summed E-state index contributed by atoms with van der Waals surface area (Å²) < 4.78 is 32.2. The molecule has 0 unspecified atom stereocenters. The van der Waals surface area contributed by atoms with E-state index in [-0.39, 0.29) is 36.1 Å². The van der Waals surface area contributed by atoms with Gasteiger partial charge in [-0.3, -0.25) is 4.79 Å². The number of nitrogens with zero attached hydrogens (tertiary/aromatic N) is 2. The first kappa shape index (κ1) is 21.3. The molecular formula is C20H21ClN2O5S. The second kappa shape index (κ2) is 8.94. The van der Waals surface area contributed by atoms with Gasteiger partial charge in [0.15, 0.2) is 0 Å². The Morgan fingerprint density at radius 2 is 1.69 bits per heavy atom. The fourth-order valence-corrected chi connectivity index (χ4v) is 4.65. The predicted molar refractivity (Wildman–Crippen MR) is 108 cm³/mol. The summed E-state index contributed by atoms with van der Waals surface area (Å²) in [6, 6.07) is 12.6. The Morgan fingerprint density at radius 3 is 2.28 bits per heavy atom. The van der Waals surface area contributed by atoms with Crippen LogP contribution in [0, 0.1) is 0 Å². The van der Waals surface area contributed by atoms with Gasteiger partial charge in [-0.2, -0.15) is 4.31 Å². The van der Waals surface area contributed by atoms with E-state index in [4.69, 9.17) is 16.3 Å². The molecular weight excluding hydrogens is 416 g/mol. The Labute approximate surface area is 174 Å². The summed E-state index contributed by atoms with van der Waals surface area (Å²) in [4.78, 5) is 25.3. The van der Waals surface area contributed by atoms with Crippen LogP contribution in [0.1, 0.15) is 22.8 Å². The van der Waals surface area contributed by atoms with Crippen molar-refractivity contribution in [2.24, 2.45) is 0 Å². The molecule has 1 aliphatic heterocycles. The molecule has 0 aliphatic carbocycles. The molecule has 0 spiro atoms. The van der Waals surface area contributed by atoms with E-state index in [2.05, 4.69) is 0 Å². The Hall–Kier alpha value is -2.42. The number of hydrogen-bond donors (Lipinski definition) is 0. The highest BCUT2D eigenvalue weighted by atomic mass is 35.5. The van der Waals surface area contributed by atoms with Crippen molar-refractivity contribution >= 4 is 33.5 Å². The molecule has 2 aromatic rings. The lowest BCUT2D eigenvalue weighted by Crippen LogP contribution is -2.49. The quantitative estimate of drug-likeness (QED) is 0.672. The van der Waals surface area contributed by atoms with Crippen molar-refractivity contribution in [1.82, 2.24) is 9.21 Å². The van der Waals surface area contributed by atoms with Crippen LogP contribution >= 0.6 is 11.6 Å². The number of carbonyl (C=O) groups is 2. The van der Waals surface area contributed by atoms with Gasteiger partial charge >= 0.3 is 5.97 Å². The number of benzene rings is 2. The van der Waals surface area contributed by atoms with E-state index >= 15 is 0 Å². The average molecular weight is 437 g/mol. The predicted octanol–water partition coefficient (Wildman–Crippen LogP) is 2.55. The summed E-state index contributed by atoms with van der Waals surface area (Å²) in [6.07, 6.45) is 0. The maximum atomic E-state index is 12.8. The molecule has 0 atom stereocenters. The highest BCUT2D eigenvalue weighted by Gasteiger charge is 2.29. The van der Waals surface area contributed by atoms with Crippen LogP contribution in [0.4, 0.5) is 0 Å². The maximum Gasteiger partial charge on any atom is 0.338 e. The molecule has 2 aromatic carbocycles. The van der Waals surface area contributed by atoms with Gasteiger partial charge in [0, 0.05) is 38.1 Å². The number of esters is 1. The Balaban J connectivity index is 1.63. The molecule has 1 heterocycles. The van der Waals surface area contributed by atoms with E-state index < -0.39 is 16.0 Å². The van der Waals surface area contributed by atoms with E-state index in [0.717, 1.165) is 5.56 Å². The van der Waals surface area contributed by atoms with E-state index in [1.54, 1.807) is 29.2 Å². The van der Waals surface area contributed by atoms with Crippen LogP contribution in [0.25, 0.3) is 0 Å². The Bertz CT molecular complexity index is 1000. The van der Waals surface area contributed by atoms with Crippen molar-refractivity contribution in [3.05, 3.63) is 64.7 Å². The summed E-state index contributed by atoms with van der Waals surface area (Å²) in [5.74, 6) is -0.619. The lowest BCUT2D eigenvalue weighted by Gasteiger charge is -2.33. The minimum Gasteiger partial charge on any atom is -0.457 e. The summed E-state index contributed by atoms with van der Waals surface area (Å²) in [7, 11) is -3.69. The van der Waals surface area contributed by atoms with Crippen molar-refractivity contribution in [1.29, 1.82) is 0 Å². The van der Waals surface area contributed by atoms with Crippen molar-refractivity contribution in [3.63, 3.8) is 0 Å². The summed E-state index contributed by atoms with van der Waals surface area (Å²) in [5.41, 5.74) is 1.02. The van der Waals surface area contributed by atoms with Gasteiger partial charge in [0.1, 0.15) is 6.61 Å². The van der Waals surface area contributed by atoms with Gasteiger partial charge in [-0.1, -0.05) is 23.7 Å². The molecule has 1 aliphatic rings. The average Bonchev–Trinajstić information content (AvgIpc) is 2.72. The zero-order valence-corrected chi connectivity index (χ0v) is 17.4. The summed E-state index contributed by atoms with van der Waals surface area (Å²) in [6.45, 7) is 2.75. The van der Waals surface area contributed by atoms with Crippen LogP contribution in [0.5, 0.6) is 0 Å². The number of carbonyl (C=O) groups excluding carboxylic acids is 2. The molecule has 0 radical (unpaired) electrons. The molecule has 0 aromatic heterocycles. The highest BCUT2D eigenvalue weighted by Crippen LogP contribution is 2.19. The SMILES string of the molecule is CC(=O)N1CCN(S(=O)(=O)c2ccc(C(=O)OCc3cccc(Cl)c3)cc2)CC1. The van der Waals surface area contributed by atoms with E-state index in [9.17, 15) is 18.0 Å². The number of hydrogen-bond acceptors (Lipinski definition) is 5. The van der Waals surface area contributed by atoms with Crippen molar-refractivity contribution in [3.8, 4) is 0 Å². The number of amides is 1. The van der Waals surface area contributed by atoms with Crippen molar-refractivity contribution < 1.29 is 22.7 Å². The van der Waals surface area contributed by atoms with Gasteiger partial charge < -0.3 is 9.64 Å². The second-order valence-electron chi connectivity index (χ2n) is 6.64. The van der Waals surface area contributed by atoms with Crippen LogP contribution in [0.3, 0.4) is 0 Å². The van der Waals surface area contributed by atoms with Gasteiger partial charge in [0.25, 0.3) is 0 Å². The number of sulfonamides is 1. The molecule has 1 amide bonds. The zero-order valence-electron chi connectivity index (χ0n) is 15.9. The number of piperazine rings is 1. The molecule has 3 rings (SSSR count). The molecule has 0 N–H and O–H groups in total. The fourth-order valence-electron chi connectivity index (χ4n) is 3.01. The van der Waals surface area contributed by atoms with E-state index in [1.807, 2.05) is 0 Å². The fraction of sp³-hybridized carbons (Fsp3) is 0.300. The lowest BCUT2D eigenvalue weighted by molar-refractivity contribution is -0.129. The second-order valence-corrected chi connectivity index (χ2v) is 9.01. The van der Waals surface area contributed by atoms with Gasteiger partial charge in [0.05, 0.1) is 10.5 Å². The van der Waals surface area contributed by atoms with Crippen molar-refractivity contribution in [2.75, 3.05) is 26.2 Å². The maximum absolute atomic E-state index is 12.8. The minimum atomic E-state index is -3.69. The molecule has 0 saturated carbocycles. The molecule has 9 heteroatoms. The van der Waals surface area contributed by atoms with Gasteiger partial charge in [0.2, 0.25) is 15.9 Å². The third-order valence-corrected chi connectivity index (χ3v) is 6.82. The topological polar surface area (TPSA) is 84.0 Å². The van der Waals surface area contributed by atoms with Crippen LogP contribution < -0.4 is 0 Å².